The monoisotopic (exact) mass is 508 g/mol. The molecular formula is C19H33IN4O2S. The Hall–Kier alpha value is -0.870. The molecule has 1 aliphatic carbocycles. The molecule has 0 bridgehead atoms. The third-order valence-electron chi connectivity index (χ3n) is 4.61. The normalized spacial score (nSPS) is 16.1. The predicted octanol–water partition coefficient (Wildman–Crippen LogP) is 2.74. The van der Waals surface area contributed by atoms with Crippen molar-refractivity contribution in [1.29, 1.82) is 0 Å². The minimum Gasteiger partial charge on any atom is -0.355 e. The van der Waals surface area contributed by atoms with Gasteiger partial charge in [0.15, 0.2) is 5.96 Å². The minimum atomic E-state index is -3.26. The standard InChI is InChI=1S/C19H32N4O2S.HI/c1-14(16-11-10-15-8-6-7-9-17(15)12-16)22-18(20-4)21-13-19(2,3)23-26(5,24)25;/h10-12,14,23H,6-9,13H2,1-5H3,(H2,20,21,22);1H. The van der Waals surface area contributed by atoms with Gasteiger partial charge in [-0.15, -0.1) is 24.0 Å². The first-order valence-electron chi connectivity index (χ1n) is 9.17. The number of hydrogen-bond acceptors (Lipinski definition) is 3. The number of benzene rings is 1. The number of guanidine groups is 1. The largest absolute Gasteiger partial charge is 0.355 e. The topological polar surface area (TPSA) is 82.6 Å². The van der Waals surface area contributed by atoms with Crippen molar-refractivity contribution in [3.63, 3.8) is 0 Å². The van der Waals surface area contributed by atoms with E-state index in [-0.39, 0.29) is 30.0 Å². The van der Waals surface area contributed by atoms with Crippen molar-refractivity contribution < 1.29 is 8.42 Å². The molecule has 8 heteroatoms. The number of aliphatic imine (C=N–C) groups is 1. The summed E-state index contributed by atoms with van der Waals surface area (Å²) in [6.07, 6.45) is 6.06. The van der Waals surface area contributed by atoms with Crippen molar-refractivity contribution in [3.8, 4) is 0 Å². The highest BCUT2D eigenvalue weighted by atomic mass is 127. The van der Waals surface area contributed by atoms with Gasteiger partial charge >= 0.3 is 0 Å². The number of rotatable bonds is 6. The van der Waals surface area contributed by atoms with Crippen LogP contribution in [0.25, 0.3) is 0 Å². The molecule has 0 aliphatic heterocycles. The highest BCUT2D eigenvalue weighted by Gasteiger charge is 2.22. The Kier molecular flexibility index (Phi) is 9.01. The second-order valence-corrected chi connectivity index (χ2v) is 9.53. The quantitative estimate of drug-likeness (QED) is 0.314. The van der Waals surface area contributed by atoms with E-state index in [2.05, 4.69) is 45.5 Å². The van der Waals surface area contributed by atoms with E-state index in [9.17, 15) is 8.42 Å². The molecule has 1 aromatic carbocycles. The molecule has 6 nitrogen and oxygen atoms in total. The minimum absolute atomic E-state index is 0. The molecule has 0 spiro atoms. The number of aryl methyl sites for hydroxylation is 2. The number of halogens is 1. The lowest BCUT2D eigenvalue weighted by molar-refractivity contribution is 0.445. The lowest BCUT2D eigenvalue weighted by Crippen LogP contribution is -2.53. The molecule has 1 atom stereocenters. The van der Waals surface area contributed by atoms with E-state index in [4.69, 9.17) is 0 Å². The smallest absolute Gasteiger partial charge is 0.209 e. The van der Waals surface area contributed by atoms with Crippen molar-refractivity contribution in [3.05, 3.63) is 34.9 Å². The average molecular weight is 508 g/mol. The van der Waals surface area contributed by atoms with Gasteiger partial charge in [0.2, 0.25) is 10.0 Å². The lowest BCUT2D eigenvalue weighted by Gasteiger charge is -2.27. The number of fused-ring (bicyclic) bond motifs is 1. The molecule has 154 valence electrons. The summed E-state index contributed by atoms with van der Waals surface area (Å²) < 4.78 is 25.5. The summed E-state index contributed by atoms with van der Waals surface area (Å²) in [5, 5.41) is 6.59. The fourth-order valence-electron chi connectivity index (χ4n) is 3.35. The molecule has 3 N–H and O–H groups in total. The van der Waals surface area contributed by atoms with Crippen LogP contribution in [0, 0.1) is 0 Å². The van der Waals surface area contributed by atoms with Crippen molar-refractivity contribution in [1.82, 2.24) is 15.4 Å². The summed E-state index contributed by atoms with van der Waals surface area (Å²) >= 11 is 0. The number of sulfonamides is 1. The van der Waals surface area contributed by atoms with Crippen LogP contribution in [0.5, 0.6) is 0 Å². The molecule has 0 radical (unpaired) electrons. The highest BCUT2D eigenvalue weighted by molar-refractivity contribution is 14.0. The first kappa shape index (κ1) is 24.2. The Bertz CT molecular complexity index is 763. The van der Waals surface area contributed by atoms with Crippen molar-refractivity contribution in [2.45, 2.75) is 58.0 Å². The van der Waals surface area contributed by atoms with Gasteiger partial charge in [0.25, 0.3) is 0 Å². The fraction of sp³-hybridized carbons (Fsp3) is 0.632. The van der Waals surface area contributed by atoms with E-state index >= 15 is 0 Å². The Labute approximate surface area is 181 Å². The van der Waals surface area contributed by atoms with E-state index in [1.165, 1.54) is 42.2 Å². The molecule has 0 amide bonds. The molecule has 1 aromatic rings. The highest BCUT2D eigenvalue weighted by Crippen LogP contribution is 2.24. The summed E-state index contributed by atoms with van der Waals surface area (Å²) in [7, 11) is -1.55. The van der Waals surface area contributed by atoms with Gasteiger partial charge in [-0.25, -0.2) is 13.1 Å². The van der Waals surface area contributed by atoms with E-state index in [1.807, 2.05) is 13.8 Å². The first-order valence-corrected chi connectivity index (χ1v) is 11.1. The molecule has 1 aliphatic rings. The van der Waals surface area contributed by atoms with Crippen LogP contribution in [0.15, 0.2) is 23.2 Å². The second-order valence-electron chi connectivity index (χ2n) is 7.79. The first-order chi connectivity index (χ1) is 12.1. The summed E-state index contributed by atoms with van der Waals surface area (Å²) in [4.78, 5) is 4.26. The SMILES string of the molecule is CN=C(NCC(C)(C)NS(C)(=O)=O)NC(C)c1ccc2c(c1)CCCC2.I. The maximum atomic E-state index is 11.5. The van der Waals surface area contributed by atoms with Gasteiger partial charge < -0.3 is 10.6 Å². The van der Waals surface area contributed by atoms with Gasteiger partial charge in [0.1, 0.15) is 0 Å². The lowest BCUT2D eigenvalue weighted by atomic mass is 9.89. The Morgan fingerprint density at radius 2 is 1.85 bits per heavy atom. The van der Waals surface area contributed by atoms with Crippen LogP contribution in [0.2, 0.25) is 0 Å². The van der Waals surface area contributed by atoms with Crippen LogP contribution >= 0.6 is 24.0 Å². The van der Waals surface area contributed by atoms with Gasteiger partial charge in [0.05, 0.1) is 12.3 Å². The third-order valence-corrected chi connectivity index (χ3v) is 5.53. The number of nitrogens with one attached hydrogen (secondary N) is 3. The number of hydrogen-bond donors (Lipinski definition) is 3. The van der Waals surface area contributed by atoms with Crippen LogP contribution in [-0.4, -0.2) is 39.8 Å². The summed E-state index contributed by atoms with van der Waals surface area (Å²) in [5.74, 6) is 0.651. The van der Waals surface area contributed by atoms with Crippen LogP contribution in [-0.2, 0) is 22.9 Å². The molecule has 0 saturated heterocycles. The maximum absolute atomic E-state index is 11.5. The third kappa shape index (κ3) is 7.95. The Morgan fingerprint density at radius 1 is 1.22 bits per heavy atom. The van der Waals surface area contributed by atoms with E-state index in [0.29, 0.717) is 12.5 Å². The molecule has 0 fully saturated rings. The molecule has 1 unspecified atom stereocenters. The Morgan fingerprint density at radius 3 is 2.44 bits per heavy atom. The zero-order chi connectivity index (χ0) is 19.4. The van der Waals surface area contributed by atoms with Crippen LogP contribution < -0.4 is 15.4 Å². The second kappa shape index (κ2) is 10.1. The molecule has 0 saturated carbocycles. The molecule has 0 heterocycles. The fourth-order valence-corrected chi connectivity index (χ4v) is 4.42. The summed E-state index contributed by atoms with van der Waals surface area (Å²) in [6.45, 7) is 6.20. The summed E-state index contributed by atoms with van der Waals surface area (Å²) in [6, 6.07) is 6.84. The van der Waals surface area contributed by atoms with Crippen LogP contribution in [0.1, 0.15) is 56.3 Å². The maximum Gasteiger partial charge on any atom is 0.209 e. The van der Waals surface area contributed by atoms with E-state index in [0.717, 1.165) is 6.42 Å². The summed E-state index contributed by atoms with van der Waals surface area (Å²) in [5.41, 5.74) is 3.56. The Balaban J connectivity index is 0.00000364. The van der Waals surface area contributed by atoms with E-state index in [1.54, 1.807) is 7.05 Å². The molecular weight excluding hydrogens is 475 g/mol. The zero-order valence-corrected chi connectivity index (χ0v) is 20.1. The molecule has 27 heavy (non-hydrogen) atoms. The van der Waals surface area contributed by atoms with Crippen LogP contribution in [0.3, 0.4) is 0 Å². The molecule has 0 aromatic heterocycles. The van der Waals surface area contributed by atoms with Gasteiger partial charge in [-0.2, -0.15) is 0 Å². The van der Waals surface area contributed by atoms with Gasteiger partial charge in [-0.1, -0.05) is 18.2 Å². The molecule has 2 rings (SSSR count). The van der Waals surface area contributed by atoms with Gasteiger partial charge in [-0.05, 0) is 63.1 Å². The van der Waals surface area contributed by atoms with Crippen LogP contribution in [0.4, 0.5) is 0 Å². The number of nitrogens with zero attached hydrogens (tertiary/aromatic N) is 1. The van der Waals surface area contributed by atoms with Crippen molar-refractivity contribution >= 4 is 40.0 Å². The van der Waals surface area contributed by atoms with Gasteiger partial charge in [0, 0.05) is 19.1 Å². The zero-order valence-electron chi connectivity index (χ0n) is 16.9. The predicted molar refractivity (Wildman–Crippen MR) is 123 cm³/mol. The average Bonchev–Trinajstić information content (AvgIpc) is 2.55. The van der Waals surface area contributed by atoms with Gasteiger partial charge in [-0.3, -0.25) is 4.99 Å². The van der Waals surface area contributed by atoms with Crippen molar-refractivity contribution in [2.75, 3.05) is 19.8 Å². The van der Waals surface area contributed by atoms with E-state index < -0.39 is 15.6 Å². The van der Waals surface area contributed by atoms with Crippen molar-refractivity contribution in [2.24, 2.45) is 4.99 Å².